The van der Waals surface area contributed by atoms with Gasteiger partial charge in [0.15, 0.2) is 5.69 Å². The van der Waals surface area contributed by atoms with Crippen molar-refractivity contribution >= 4 is 11.9 Å². The van der Waals surface area contributed by atoms with Crippen LogP contribution in [0.3, 0.4) is 0 Å². The predicted octanol–water partition coefficient (Wildman–Crippen LogP) is 2.46. The van der Waals surface area contributed by atoms with Crippen LogP contribution in [0.1, 0.15) is 28.0 Å². The van der Waals surface area contributed by atoms with Crippen molar-refractivity contribution in [2.24, 2.45) is 0 Å². The summed E-state index contributed by atoms with van der Waals surface area (Å²) in [5, 5.41) is 7.54. The minimum absolute atomic E-state index is 0.121. The highest BCUT2D eigenvalue weighted by atomic mass is 19.4. The SMILES string of the molecule is C=CCNCCCn1nc2c(c1C(=O)OC(=O)C(F)(F)F)CCc1cnccc1-2. The maximum atomic E-state index is 12.5. The molecule has 0 amide bonds. The largest absolute Gasteiger partial charge is 0.491 e. The normalized spacial score (nSPS) is 12.8. The Morgan fingerprint density at radius 3 is 2.86 bits per heavy atom. The number of hydrogen-bond donors (Lipinski definition) is 1. The van der Waals surface area contributed by atoms with Crippen LogP contribution >= 0.6 is 0 Å². The summed E-state index contributed by atoms with van der Waals surface area (Å²) in [6, 6.07) is 1.74. The van der Waals surface area contributed by atoms with Crippen LogP contribution in [0.2, 0.25) is 0 Å². The first kappa shape index (κ1) is 20.7. The molecule has 3 rings (SSSR count). The Hall–Kier alpha value is -3.01. The van der Waals surface area contributed by atoms with Crippen molar-refractivity contribution in [1.29, 1.82) is 0 Å². The molecule has 2 aromatic rings. The molecule has 0 saturated carbocycles. The summed E-state index contributed by atoms with van der Waals surface area (Å²) in [6.45, 7) is 5.05. The molecule has 1 aliphatic rings. The Morgan fingerprint density at radius 2 is 2.14 bits per heavy atom. The molecule has 29 heavy (non-hydrogen) atoms. The monoisotopic (exact) mass is 408 g/mol. The zero-order chi connectivity index (χ0) is 21.0. The predicted molar refractivity (Wildman–Crippen MR) is 97.0 cm³/mol. The quantitative estimate of drug-likeness (QED) is 0.328. The first-order valence-electron chi connectivity index (χ1n) is 9.00. The van der Waals surface area contributed by atoms with Crippen LogP contribution < -0.4 is 5.32 Å². The minimum Gasteiger partial charge on any atom is -0.381 e. The molecule has 0 saturated heterocycles. The number of ether oxygens (including phenoxy) is 1. The fourth-order valence-electron chi connectivity index (χ4n) is 3.21. The van der Waals surface area contributed by atoms with E-state index in [1.165, 1.54) is 4.68 Å². The summed E-state index contributed by atoms with van der Waals surface area (Å²) < 4.78 is 43.0. The molecule has 2 aromatic heterocycles. The number of rotatable bonds is 7. The maximum absolute atomic E-state index is 12.5. The number of esters is 2. The number of hydrogen-bond acceptors (Lipinski definition) is 6. The number of fused-ring (bicyclic) bond motifs is 3. The van der Waals surface area contributed by atoms with E-state index in [9.17, 15) is 22.8 Å². The molecule has 0 unspecified atom stereocenters. The molecule has 0 aliphatic heterocycles. The summed E-state index contributed by atoms with van der Waals surface area (Å²) in [7, 11) is 0. The van der Waals surface area contributed by atoms with E-state index in [1.807, 2.05) is 0 Å². The van der Waals surface area contributed by atoms with E-state index >= 15 is 0 Å². The van der Waals surface area contributed by atoms with Gasteiger partial charge in [0.2, 0.25) is 0 Å². The summed E-state index contributed by atoms with van der Waals surface area (Å²) in [5.74, 6) is -3.89. The van der Waals surface area contributed by atoms with Gasteiger partial charge in [-0.1, -0.05) is 6.08 Å². The molecule has 0 fully saturated rings. The standard InChI is InChI=1S/C19H19F3N4O3/c1-2-7-23-8-3-10-26-16(17(27)29-18(28)19(20,21)22)14-5-4-12-11-24-9-6-13(12)15(14)25-26/h2,6,9,11,23H,1,3-5,7-8,10H2. The van der Waals surface area contributed by atoms with Crippen LogP contribution in [0.15, 0.2) is 31.1 Å². The number of halogens is 3. The van der Waals surface area contributed by atoms with E-state index < -0.39 is 18.1 Å². The fraction of sp³-hybridized carbons (Fsp3) is 0.368. The van der Waals surface area contributed by atoms with Crippen molar-refractivity contribution in [3.63, 3.8) is 0 Å². The number of carbonyl (C=O) groups is 2. The number of nitrogens with one attached hydrogen (secondary N) is 1. The highest BCUT2D eigenvalue weighted by Gasteiger charge is 2.43. The third kappa shape index (κ3) is 4.53. The third-order valence-corrected chi connectivity index (χ3v) is 4.48. The second-order valence-electron chi connectivity index (χ2n) is 6.45. The van der Waals surface area contributed by atoms with Crippen LogP contribution in [0.5, 0.6) is 0 Å². The topological polar surface area (TPSA) is 86.1 Å². The minimum atomic E-state index is -5.26. The van der Waals surface area contributed by atoms with Gasteiger partial charge in [0.25, 0.3) is 0 Å². The van der Waals surface area contributed by atoms with Crippen LogP contribution in [-0.4, -0.2) is 46.0 Å². The van der Waals surface area contributed by atoms with E-state index in [2.05, 4.69) is 26.7 Å². The van der Waals surface area contributed by atoms with E-state index in [0.29, 0.717) is 43.6 Å². The van der Waals surface area contributed by atoms with E-state index in [-0.39, 0.29) is 12.2 Å². The number of nitrogens with zero attached hydrogens (tertiary/aromatic N) is 3. The Kier molecular flexibility index (Phi) is 6.12. The van der Waals surface area contributed by atoms with Gasteiger partial charge in [0.1, 0.15) is 0 Å². The lowest BCUT2D eigenvalue weighted by molar-refractivity contribution is -0.193. The molecule has 7 nitrogen and oxygen atoms in total. The number of aromatic nitrogens is 3. The number of aryl methyl sites for hydroxylation is 2. The van der Waals surface area contributed by atoms with Crippen molar-refractivity contribution < 1.29 is 27.5 Å². The highest BCUT2D eigenvalue weighted by molar-refractivity contribution is 5.99. The van der Waals surface area contributed by atoms with Crippen LogP contribution in [0, 0.1) is 0 Å². The Morgan fingerprint density at radius 1 is 1.34 bits per heavy atom. The molecule has 0 bridgehead atoms. The lowest BCUT2D eigenvalue weighted by Gasteiger charge is -2.15. The summed E-state index contributed by atoms with van der Waals surface area (Å²) >= 11 is 0. The average molecular weight is 408 g/mol. The zero-order valence-corrected chi connectivity index (χ0v) is 15.5. The Labute approximate surface area is 164 Å². The van der Waals surface area contributed by atoms with Crippen molar-refractivity contribution in [2.45, 2.75) is 32.0 Å². The van der Waals surface area contributed by atoms with Gasteiger partial charge >= 0.3 is 18.1 Å². The van der Waals surface area contributed by atoms with Gasteiger partial charge in [-0.25, -0.2) is 9.59 Å². The maximum Gasteiger partial charge on any atom is 0.491 e. The number of pyridine rings is 1. The second kappa shape index (κ2) is 8.56. The van der Waals surface area contributed by atoms with Gasteiger partial charge < -0.3 is 10.1 Å². The van der Waals surface area contributed by atoms with Crippen LogP contribution in [-0.2, 0) is 28.9 Å². The second-order valence-corrected chi connectivity index (χ2v) is 6.45. The molecule has 0 atom stereocenters. The molecule has 1 N–H and O–H groups in total. The van der Waals surface area contributed by atoms with E-state index in [4.69, 9.17) is 0 Å². The fourth-order valence-corrected chi connectivity index (χ4v) is 3.21. The van der Waals surface area contributed by atoms with Gasteiger partial charge in [0.05, 0.1) is 5.69 Å². The van der Waals surface area contributed by atoms with E-state index in [0.717, 1.165) is 11.1 Å². The first-order valence-corrected chi connectivity index (χ1v) is 9.00. The molecule has 154 valence electrons. The lowest BCUT2D eigenvalue weighted by atomic mass is 9.90. The van der Waals surface area contributed by atoms with Gasteiger partial charge in [-0.15, -0.1) is 6.58 Å². The molecule has 1 aliphatic carbocycles. The zero-order valence-electron chi connectivity index (χ0n) is 15.5. The van der Waals surface area contributed by atoms with Crippen molar-refractivity contribution in [1.82, 2.24) is 20.1 Å². The lowest BCUT2D eigenvalue weighted by Crippen LogP contribution is -2.29. The van der Waals surface area contributed by atoms with Crippen LogP contribution in [0.4, 0.5) is 13.2 Å². The van der Waals surface area contributed by atoms with Gasteiger partial charge in [-0.05, 0) is 37.4 Å². The smallest absolute Gasteiger partial charge is 0.381 e. The average Bonchev–Trinajstić information content (AvgIpc) is 3.06. The third-order valence-electron chi connectivity index (χ3n) is 4.48. The molecular weight excluding hydrogens is 389 g/mol. The highest BCUT2D eigenvalue weighted by Crippen LogP contribution is 2.34. The Bertz CT molecular complexity index is 937. The summed E-state index contributed by atoms with van der Waals surface area (Å²) in [5.41, 5.74) is 2.55. The molecule has 0 spiro atoms. The summed E-state index contributed by atoms with van der Waals surface area (Å²) in [6.07, 6.45) is 1.21. The number of carbonyl (C=O) groups excluding carboxylic acids is 2. The summed E-state index contributed by atoms with van der Waals surface area (Å²) in [4.78, 5) is 27.7. The van der Waals surface area contributed by atoms with Crippen molar-refractivity contribution in [2.75, 3.05) is 13.1 Å². The Balaban J connectivity index is 1.92. The number of alkyl halides is 3. The molecule has 0 aromatic carbocycles. The van der Waals surface area contributed by atoms with Crippen LogP contribution in [0.25, 0.3) is 11.3 Å². The van der Waals surface area contributed by atoms with E-state index in [1.54, 1.807) is 24.5 Å². The molecule has 10 heteroatoms. The van der Waals surface area contributed by atoms with Gasteiger partial charge in [-0.2, -0.15) is 18.3 Å². The molecular formula is C19H19F3N4O3. The van der Waals surface area contributed by atoms with Crippen molar-refractivity contribution in [3.05, 3.63) is 47.9 Å². The van der Waals surface area contributed by atoms with Gasteiger partial charge in [-0.3, -0.25) is 9.67 Å². The van der Waals surface area contributed by atoms with Crippen molar-refractivity contribution in [3.8, 4) is 11.3 Å². The molecule has 2 heterocycles. The van der Waals surface area contributed by atoms with Gasteiger partial charge in [0, 0.05) is 36.6 Å². The first-order chi connectivity index (χ1) is 13.8. The molecule has 0 radical (unpaired) electrons.